The Hall–Kier alpha value is -1.11. The van der Waals surface area contributed by atoms with Gasteiger partial charge in [-0.25, -0.2) is 0 Å². The SMILES string of the molecule is CC=CC(C)C=CC(C)C/C=C(\C)C=NC. The van der Waals surface area contributed by atoms with Gasteiger partial charge in [-0.1, -0.05) is 44.2 Å². The second kappa shape index (κ2) is 9.14. The zero-order chi connectivity index (χ0) is 12.4. The van der Waals surface area contributed by atoms with E-state index in [0.717, 1.165) is 6.42 Å². The fraction of sp³-hybridized carbons (Fsp3) is 0.533. The van der Waals surface area contributed by atoms with Crippen LogP contribution in [0.5, 0.6) is 0 Å². The molecule has 0 radical (unpaired) electrons. The van der Waals surface area contributed by atoms with Crippen molar-refractivity contribution in [3.05, 3.63) is 36.0 Å². The average molecular weight is 219 g/mol. The Morgan fingerprint density at radius 3 is 2.44 bits per heavy atom. The third-order valence-electron chi connectivity index (χ3n) is 2.38. The summed E-state index contributed by atoms with van der Waals surface area (Å²) in [6, 6.07) is 0. The maximum Gasteiger partial charge on any atom is 0.0277 e. The Balaban J connectivity index is 4.08. The number of aliphatic imine (C=N–C) groups is 1. The summed E-state index contributed by atoms with van der Waals surface area (Å²) in [5, 5.41) is 0. The number of nitrogens with zero attached hydrogens (tertiary/aromatic N) is 1. The van der Waals surface area contributed by atoms with Crippen molar-refractivity contribution in [1.82, 2.24) is 0 Å². The zero-order valence-electron chi connectivity index (χ0n) is 11.3. The Morgan fingerprint density at radius 2 is 1.88 bits per heavy atom. The summed E-state index contributed by atoms with van der Waals surface area (Å²) in [4.78, 5) is 3.99. The van der Waals surface area contributed by atoms with Crippen molar-refractivity contribution in [2.24, 2.45) is 16.8 Å². The molecule has 0 rings (SSSR count). The van der Waals surface area contributed by atoms with Crippen molar-refractivity contribution in [2.45, 2.75) is 34.1 Å². The molecule has 2 unspecified atom stereocenters. The van der Waals surface area contributed by atoms with E-state index in [4.69, 9.17) is 0 Å². The molecule has 0 spiro atoms. The molecule has 0 aromatic heterocycles. The van der Waals surface area contributed by atoms with Crippen molar-refractivity contribution in [1.29, 1.82) is 0 Å². The van der Waals surface area contributed by atoms with E-state index < -0.39 is 0 Å². The molecule has 90 valence electrons. The van der Waals surface area contributed by atoms with E-state index in [9.17, 15) is 0 Å². The Morgan fingerprint density at radius 1 is 1.19 bits per heavy atom. The summed E-state index contributed by atoms with van der Waals surface area (Å²) in [6.45, 7) is 8.59. The minimum Gasteiger partial charge on any atom is -0.296 e. The fourth-order valence-electron chi connectivity index (χ4n) is 1.44. The van der Waals surface area contributed by atoms with E-state index in [2.05, 4.69) is 63.1 Å². The molecule has 0 aromatic rings. The topological polar surface area (TPSA) is 12.4 Å². The summed E-state index contributed by atoms with van der Waals surface area (Å²) < 4.78 is 0. The number of hydrogen-bond donors (Lipinski definition) is 0. The molecule has 0 aromatic carbocycles. The van der Waals surface area contributed by atoms with Gasteiger partial charge in [-0.3, -0.25) is 4.99 Å². The van der Waals surface area contributed by atoms with Gasteiger partial charge in [0.25, 0.3) is 0 Å². The highest BCUT2D eigenvalue weighted by Gasteiger charge is 1.95. The maximum atomic E-state index is 3.99. The van der Waals surface area contributed by atoms with Crippen LogP contribution in [-0.4, -0.2) is 13.3 Å². The zero-order valence-corrected chi connectivity index (χ0v) is 11.3. The van der Waals surface area contributed by atoms with E-state index in [0.29, 0.717) is 11.8 Å². The molecule has 0 aliphatic heterocycles. The number of rotatable bonds is 6. The van der Waals surface area contributed by atoms with Gasteiger partial charge in [0, 0.05) is 13.3 Å². The summed E-state index contributed by atoms with van der Waals surface area (Å²) in [5.41, 5.74) is 1.24. The molecule has 0 aliphatic carbocycles. The van der Waals surface area contributed by atoms with Gasteiger partial charge in [-0.2, -0.15) is 0 Å². The molecule has 0 heterocycles. The third kappa shape index (κ3) is 8.22. The predicted octanol–water partition coefficient (Wildman–Crippen LogP) is 4.43. The first-order valence-corrected chi connectivity index (χ1v) is 6.00. The Kier molecular flexibility index (Phi) is 8.51. The largest absolute Gasteiger partial charge is 0.296 e. The van der Waals surface area contributed by atoms with Crippen LogP contribution in [0.15, 0.2) is 40.9 Å². The number of allylic oxidation sites excluding steroid dienone is 6. The fourth-order valence-corrected chi connectivity index (χ4v) is 1.44. The smallest absolute Gasteiger partial charge is 0.0277 e. The van der Waals surface area contributed by atoms with E-state index in [-0.39, 0.29) is 0 Å². The number of hydrogen-bond acceptors (Lipinski definition) is 1. The van der Waals surface area contributed by atoms with Gasteiger partial charge in [-0.05, 0) is 37.7 Å². The molecule has 0 fully saturated rings. The molecular weight excluding hydrogens is 194 g/mol. The van der Waals surface area contributed by atoms with Gasteiger partial charge >= 0.3 is 0 Å². The lowest BCUT2D eigenvalue weighted by Crippen LogP contribution is -1.90. The maximum absolute atomic E-state index is 3.99. The molecule has 1 nitrogen and oxygen atoms in total. The highest BCUT2D eigenvalue weighted by molar-refractivity contribution is 5.77. The van der Waals surface area contributed by atoms with Crippen molar-refractivity contribution < 1.29 is 0 Å². The molecule has 0 saturated carbocycles. The van der Waals surface area contributed by atoms with Crippen LogP contribution in [0.1, 0.15) is 34.1 Å². The summed E-state index contributed by atoms with van der Waals surface area (Å²) in [7, 11) is 1.80. The highest BCUT2D eigenvalue weighted by atomic mass is 14.6. The molecule has 16 heavy (non-hydrogen) atoms. The lowest BCUT2D eigenvalue weighted by molar-refractivity contribution is 0.732. The second-order valence-corrected chi connectivity index (χ2v) is 4.32. The second-order valence-electron chi connectivity index (χ2n) is 4.32. The molecule has 0 amide bonds. The molecular formula is C15H25N. The summed E-state index contributed by atoms with van der Waals surface area (Å²) in [5.74, 6) is 1.13. The van der Waals surface area contributed by atoms with Gasteiger partial charge < -0.3 is 0 Å². The molecule has 2 atom stereocenters. The van der Waals surface area contributed by atoms with Crippen LogP contribution in [0, 0.1) is 11.8 Å². The van der Waals surface area contributed by atoms with Gasteiger partial charge in [0.15, 0.2) is 0 Å². The normalized spacial score (nSPS) is 17.7. The van der Waals surface area contributed by atoms with E-state index >= 15 is 0 Å². The predicted molar refractivity (Wildman–Crippen MR) is 75.1 cm³/mol. The molecule has 0 N–H and O–H groups in total. The van der Waals surface area contributed by atoms with Crippen LogP contribution in [0.3, 0.4) is 0 Å². The third-order valence-corrected chi connectivity index (χ3v) is 2.38. The van der Waals surface area contributed by atoms with Crippen molar-refractivity contribution in [3.8, 4) is 0 Å². The Labute approximate surface area is 101 Å². The van der Waals surface area contributed by atoms with Crippen LogP contribution < -0.4 is 0 Å². The van der Waals surface area contributed by atoms with Crippen LogP contribution in [0.25, 0.3) is 0 Å². The van der Waals surface area contributed by atoms with Crippen molar-refractivity contribution >= 4 is 6.21 Å². The van der Waals surface area contributed by atoms with Crippen LogP contribution in [0.4, 0.5) is 0 Å². The monoisotopic (exact) mass is 219 g/mol. The van der Waals surface area contributed by atoms with Gasteiger partial charge in [0.1, 0.15) is 0 Å². The van der Waals surface area contributed by atoms with Crippen molar-refractivity contribution in [3.63, 3.8) is 0 Å². The van der Waals surface area contributed by atoms with Crippen LogP contribution in [-0.2, 0) is 0 Å². The van der Waals surface area contributed by atoms with E-state index in [1.54, 1.807) is 7.05 Å². The first-order chi connectivity index (χ1) is 7.60. The van der Waals surface area contributed by atoms with Gasteiger partial charge in [0.05, 0.1) is 0 Å². The minimum absolute atomic E-state index is 0.537. The summed E-state index contributed by atoms with van der Waals surface area (Å²) in [6.07, 6.45) is 14.1. The van der Waals surface area contributed by atoms with Crippen molar-refractivity contribution in [2.75, 3.05) is 7.05 Å². The van der Waals surface area contributed by atoms with Crippen LogP contribution >= 0.6 is 0 Å². The molecule has 0 saturated heterocycles. The lowest BCUT2D eigenvalue weighted by atomic mass is 10.0. The highest BCUT2D eigenvalue weighted by Crippen LogP contribution is 2.09. The average Bonchev–Trinajstić information content (AvgIpc) is 2.24. The summed E-state index contributed by atoms with van der Waals surface area (Å²) >= 11 is 0. The van der Waals surface area contributed by atoms with Gasteiger partial charge in [-0.15, -0.1) is 0 Å². The minimum atomic E-state index is 0.537. The Bertz CT molecular complexity index is 282. The first kappa shape index (κ1) is 14.9. The lowest BCUT2D eigenvalue weighted by Gasteiger charge is -2.04. The first-order valence-electron chi connectivity index (χ1n) is 6.00. The van der Waals surface area contributed by atoms with Gasteiger partial charge in [0.2, 0.25) is 0 Å². The molecule has 0 bridgehead atoms. The van der Waals surface area contributed by atoms with E-state index in [1.165, 1.54) is 5.57 Å². The standard InChI is InChI=1S/C15H25N/c1-6-7-13(2)8-9-14(3)10-11-15(4)12-16-5/h6-9,11-14H,10H2,1-5H3/b7-6?,9-8?,15-11+,16-12?. The molecule has 0 aliphatic rings. The van der Waals surface area contributed by atoms with Crippen LogP contribution in [0.2, 0.25) is 0 Å². The molecule has 1 heteroatoms. The quantitative estimate of drug-likeness (QED) is 0.463. The van der Waals surface area contributed by atoms with E-state index in [1.807, 2.05) is 6.21 Å².